The monoisotopic (exact) mass is 448 g/mol. The van der Waals surface area contributed by atoms with E-state index < -0.39 is 0 Å². The van der Waals surface area contributed by atoms with Crippen LogP contribution in [0.1, 0.15) is 24.8 Å². The summed E-state index contributed by atoms with van der Waals surface area (Å²) in [6, 6.07) is 12.3. The van der Waals surface area contributed by atoms with Crippen molar-refractivity contribution in [1.29, 1.82) is 0 Å². The maximum Gasteiger partial charge on any atom is 0.181 e. The van der Waals surface area contributed by atoms with E-state index in [2.05, 4.69) is 39.0 Å². The molecule has 4 nitrogen and oxygen atoms in total. The Labute approximate surface area is 186 Å². The first-order chi connectivity index (χ1) is 14.1. The van der Waals surface area contributed by atoms with Gasteiger partial charge in [-0.15, -0.1) is 0 Å². The van der Waals surface area contributed by atoms with Gasteiger partial charge in [-0.2, -0.15) is 0 Å². The molecule has 1 saturated heterocycles. The van der Waals surface area contributed by atoms with E-state index in [-0.39, 0.29) is 0 Å². The molecule has 2 N–H and O–H groups in total. The van der Waals surface area contributed by atoms with E-state index in [1.807, 2.05) is 12.1 Å². The number of aryl methyl sites for hydroxylation is 1. The van der Waals surface area contributed by atoms with E-state index in [1.165, 1.54) is 36.1 Å². The normalized spacial score (nSPS) is 15.3. The van der Waals surface area contributed by atoms with Gasteiger partial charge in [-0.05, 0) is 55.6 Å². The second kappa shape index (κ2) is 9.52. The first kappa shape index (κ1) is 20.7. The molecule has 2 aromatic carbocycles. The van der Waals surface area contributed by atoms with Gasteiger partial charge in [0.2, 0.25) is 0 Å². The standard InChI is InChI=1S/C22H26Cl2N4S/c23-18-9-8-17(15-19(18)24)28-13-11-27(12-14-28)10-3-1-2-5-16-6-4-7-20-21(16)26-22(25)29-20/h4,6-9,15H,1-3,5,10-14H2,(H2,25,26). The van der Waals surface area contributed by atoms with E-state index >= 15 is 0 Å². The van der Waals surface area contributed by atoms with Crippen LogP contribution < -0.4 is 10.6 Å². The number of para-hydroxylation sites is 1. The lowest BCUT2D eigenvalue weighted by Crippen LogP contribution is -2.46. The molecule has 0 spiro atoms. The lowest BCUT2D eigenvalue weighted by atomic mass is 10.1. The molecular weight excluding hydrogens is 423 g/mol. The van der Waals surface area contributed by atoms with Gasteiger partial charge in [0.15, 0.2) is 5.13 Å². The topological polar surface area (TPSA) is 45.4 Å². The lowest BCUT2D eigenvalue weighted by molar-refractivity contribution is 0.252. The van der Waals surface area contributed by atoms with Gasteiger partial charge in [-0.3, -0.25) is 4.90 Å². The molecule has 0 aliphatic carbocycles. The van der Waals surface area contributed by atoms with Gasteiger partial charge in [-0.1, -0.05) is 53.1 Å². The zero-order valence-electron chi connectivity index (χ0n) is 16.4. The quantitative estimate of drug-likeness (QED) is 0.469. The first-order valence-electron chi connectivity index (χ1n) is 10.2. The highest BCUT2D eigenvalue weighted by molar-refractivity contribution is 7.22. The number of nitrogens with zero attached hydrogens (tertiary/aromatic N) is 3. The molecule has 0 radical (unpaired) electrons. The number of anilines is 2. The molecule has 1 aliphatic heterocycles. The molecule has 0 saturated carbocycles. The number of hydrogen-bond acceptors (Lipinski definition) is 5. The van der Waals surface area contributed by atoms with Gasteiger partial charge in [0, 0.05) is 31.9 Å². The van der Waals surface area contributed by atoms with Crippen molar-refractivity contribution in [2.24, 2.45) is 0 Å². The van der Waals surface area contributed by atoms with E-state index in [9.17, 15) is 0 Å². The molecule has 1 fully saturated rings. The predicted octanol–water partition coefficient (Wildman–Crippen LogP) is 5.72. The lowest BCUT2D eigenvalue weighted by Gasteiger charge is -2.36. The van der Waals surface area contributed by atoms with Crippen molar-refractivity contribution in [3.05, 3.63) is 52.0 Å². The molecule has 1 aromatic heterocycles. The van der Waals surface area contributed by atoms with E-state index in [4.69, 9.17) is 28.9 Å². The number of aromatic nitrogens is 1. The number of piperazine rings is 1. The zero-order chi connectivity index (χ0) is 20.2. The van der Waals surface area contributed by atoms with Crippen molar-refractivity contribution in [3.8, 4) is 0 Å². The number of nitrogens with two attached hydrogens (primary N) is 1. The zero-order valence-corrected chi connectivity index (χ0v) is 18.7. The Morgan fingerprint density at radius 2 is 1.79 bits per heavy atom. The summed E-state index contributed by atoms with van der Waals surface area (Å²) in [4.78, 5) is 9.45. The Balaban J connectivity index is 1.18. The number of halogens is 2. The fourth-order valence-electron chi connectivity index (χ4n) is 3.96. The van der Waals surface area contributed by atoms with Crippen LogP contribution in [0, 0.1) is 0 Å². The van der Waals surface area contributed by atoms with Gasteiger partial charge >= 0.3 is 0 Å². The van der Waals surface area contributed by atoms with Gasteiger partial charge in [0.1, 0.15) is 0 Å². The number of fused-ring (bicyclic) bond motifs is 1. The van der Waals surface area contributed by atoms with Gasteiger partial charge < -0.3 is 10.6 Å². The second-order valence-corrected chi connectivity index (χ2v) is 9.43. The van der Waals surface area contributed by atoms with Crippen LogP contribution in [0.3, 0.4) is 0 Å². The molecule has 7 heteroatoms. The number of unbranched alkanes of at least 4 members (excludes halogenated alkanes) is 2. The minimum Gasteiger partial charge on any atom is -0.375 e. The van der Waals surface area contributed by atoms with Crippen LogP contribution in [0.25, 0.3) is 10.2 Å². The molecular formula is C22H26Cl2N4S. The summed E-state index contributed by atoms with van der Waals surface area (Å²) in [5, 5.41) is 1.90. The minimum absolute atomic E-state index is 0.614. The van der Waals surface area contributed by atoms with Crippen molar-refractivity contribution in [1.82, 2.24) is 9.88 Å². The van der Waals surface area contributed by atoms with Gasteiger partial charge in [0.05, 0.1) is 20.3 Å². The summed E-state index contributed by atoms with van der Waals surface area (Å²) < 4.78 is 1.19. The summed E-state index contributed by atoms with van der Waals surface area (Å²) in [5.41, 5.74) is 9.44. The van der Waals surface area contributed by atoms with Crippen LogP contribution in [0.5, 0.6) is 0 Å². The number of thiazole rings is 1. The average molecular weight is 449 g/mol. The fraction of sp³-hybridized carbons (Fsp3) is 0.409. The molecule has 3 aromatic rings. The SMILES string of the molecule is Nc1nc2c(CCCCCN3CCN(c4ccc(Cl)c(Cl)c4)CC3)cccc2s1. The molecule has 4 rings (SSSR count). The van der Waals surface area contributed by atoms with Crippen LogP contribution in [0.4, 0.5) is 10.8 Å². The molecule has 2 heterocycles. The highest BCUT2D eigenvalue weighted by Crippen LogP contribution is 2.28. The third-order valence-corrected chi connectivity index (χ3v) is 7.17. The molecule has 1 aliphatic rings. The third-order valence-electron chi connectivity index (χ3n) is 5.58. The summed E-state index contributed by atoms with van der Waals surface area (Å²) >= 11 is 13.8. The Bertz CT molecular complexity index is 967. The smallest absolute Gasteiger partial charge is 0.181 e. The first-order valence-corrected chi connectivity index (χ1v) is 11.7. The van der Waals surface area contributed by atoms with Crippen molar-refractivity contribution in [3.63, 3.8) is 0 Å². The van der Waals surface area contributed by atoms with E-state index in [0.717, 1.165) is 43.8 Å². The Morgan fingerprint density at radius 1 is 0.966 bits per heavy atom. The van der Waals surface area contributed by atoms with Crippen molar-refractivity contribution >= 4 is 55.6 Å². The van der Waals surface area contributed by atoms with Gasteiger partial charge in [0.25, 0.3) is 0 Å². The maximum atomic E-state index is 6.16. The van der Waals surface area contributed by atoms with E-state index in [0.29, 0.717) is 15.2 Å². The highest BCUT2D eigenvalue weighted by atomic mass is 35.5. The molecule has 0 amide bonds. The summed E-state index contributed by atoms with van der Waals surface area (Å²) in [6.45, 7) is 5.43. The van der Waals surface area contributed by atoms with Crippen LogP contribution in [0.15, 0.2) is 36.4 Å². The molecule has 0 bridgehead atoms. The van der Waals surface area contributed by atoms with Crippen molar-refractivity contribution < 1.29 is 0 Å². The third kappa shape index (κ3) is 5.15. The van der Waals surface area contributed by atoms with Crippen LogP contribution >= 0.6 is 34.5 Å². The molecule has 154 valence electrons. The number of hydrogen-bond donors (Lipinski definition) is 1. The average Bonchev–Trinajstić information content (AvgIpc) is 3.11. The van der Waals surface area contributed by atoms with Crippen molar-refractivity contribution in [2.45, 2.75) is 25.7 Å². The fourth-order valence-corrected chi connectivity index (χ4v) is 5.04. The number of nitrogen functional groups attached to an aromatic ring is 1. The Hall–Kier alpha value is -1.53. The van der Waals surface area contributed by atoms with Crippen LogP contribution in [0.2, 0.25) is 10.0 Å². The summed E-state index contributed by atoms with van der Waals surface area (Å²) in [7, 11) is 0. The van der Waals surface area contributed by atoms with E-state index in [1.54, 1.807) is 11.3 Å². The number of rotatable bonds is 7. The Kier molecular flexibility index (Phi) is 6.81. The van der Waals surface area contributed by atoms with Gasteiger partial charge in [-0.25, -0.2) is 4.98 Å². The molecule has 0 atom stereocenters. The van der Waals surface area contributed by atoms with Crippen LogP contribution in [-0.4, -0.2) is 42.6 Å². The molecule has 29 heavy (non-hydrogen) atoms. The maximum absolute atomic E-state index is 6.16. The largest absolute Gasteiger partial charge is 0.375 e. The van der Waals surface area contributed by atoms with Crippen molar-refractivity contribution in [2.75, 3.05) is 43.4 Å². The summed E-state index contributed by atoms with van der Waals surface area (Å²) in [5.74, 6) is 0. The van der Waals surface area contributed by atoms with Crippen LogP contribution in [-0.2, 0) is 6.42 Å². The molecule has 0 unspecified atom stereocenters. The predicted molar refractivity (Wildman–Crippen MR) is 127 cm³/mol. The minimum atomic E-state index is 0.614. The second-order valence-electron chi connectivity index (χ2n) is 7.55. The Morgan fingerprint density at radius 3 is 2.59 bits per heavy atom. The number of benzene rings is 2. The highest BCUT2D eigenvalue weighted by Gasteiger charge is 2.17. The summed E-state index contributed by atoms with van der Waals surface area (Å²) in [6.07, 6.45) is 4.75.